The van der Waals surface area contributed by atoms with Crippen LogP contribution in [0, 0.1) is 0 Å². The molecule has 5 heteroatoms. The van der Waals surface area contributed by atoms with Gasteiger partial charge in [-0.1, -0.05) is 0 Å². The molecule has 5 nitrogen and oxygen atoms in total. The zero-order valence-electron chi connectivity index (χ0n) is 9.95. The molecule has 1 heterocycles. The smallest absolute Gasteiger partial charge is 0.236 e. The molecule has 16 heavy (non-hydrogen) atoms. The Kier molecular flexibility index (Phi) is 6.37. The molecule has 0 aromatic heterocycles. The highest BCUT2D eigenvalue weighted by molar-refractivity contribution is 5.78. The number of aliphatic hydroxyl groups is 1. The van der Waals surface area contributed by atoms with Crippen LogP contribution in [0.5, 0.6) is 0 Å². The molecule has 0 saturated carbocycles. The summed E-state index contributed by atoms with van der Waals surface area (Å²) in [6.07, 6.45) is 2.84. The van der Waals surface area contributed by atoms with Crippen molar-refractivity contribution in [1.82, 2.24) is 10.2 Å². The molecule has 0 spiro atoms. The minimum absolute atomic E-state index is 0.0570. The molecule has 94 valence electrons. The number of nitrogens with zero attached hydrogens (tertiary/aromatic N) is 1. The molecule has 1 rings (SSSR count). The van der Waals surface area contributed by atoms with E-state index in [4.69, 9.17) is 9.84 Å². The number of hydrogen-bond donors (Lipinski definition) is 2. The summed E-state index contributed by atoms with van der Waals surface area (Å²) in [4.78, 5) is 13.6. The summed E-state index contributed by atoms with van der Waals surface area (Å²) >= 11 is 0. The number of methoxy groups -OCH3 is 1. The first-order chi connectivity index (χ1) is 7.77. The molecule has 1 amide bonds. The lowest BCUT2D eigenvalue weighted by Gasteiger charge is -2.20. The third-order valence-corrected chi connectivity index (χ3v) is 2.85. The van der Waals surface area contributed by atoms with Gasteiger partial charge in [0, 0.05) is 32.8 Å². The van der Waals surface area contributed by atoms with Crippen LogP contribution in [0.1, 0.15) is 19.3 Å². The van der Waals surface area contributed by atoms with Gasteiger partial charge in [-0.25, -0.2) is 0 Å². The van der Waals surface area contributed by atoms with Crippen molar-refractivity contribution in [2.75, 3.05) is 40.0 Å². The van der Waals surface area contributed by atoms with Crippen molar-refractivity contribution < 1.29 is 14.6 Å². The average molecular weight is 230 g/mol. The quantitative estimate of drug-likeness (QED) is 0.624. The minimum Gasteiger partial charge on any atom is -0.396 e. The molecule has 1 atom stereocenters. The predicted molar refractivity (Wildman–Crippen MR) is 61.2 cm³/mol. The zero-order valence-corrected chi connectivity index (χ0v) is 9.95. The largest absolute Gasteiger partial charge is 0.396 e. The second-order valence-corrected chi connectivity index (χ2v) is 4.13. The van der Waals surface area contributed by atoms with Crippen molar-refractivity contribution in [2.45, 2.75) is 25.3 Å². The monoisotopic (exact) mass is 230 g/mol. The Balaban J connectivity index is 2.21. The van der Waals surface area contributed by atoms with Gasteiger partial charge in [-0.2, -0.15) is 0 Å². The van der Waals surface area contributed by atoms with E-state index in [0.717, 1.165) is 25.9 Å². The van der Waals surface area contributed by atoms with E-state index in [0.29, 0.717) is 19.6 Å². The molecule has 1 saturated heterocycles. The lowest BCUT2D eigenvalue weighted by atomic mass is 10.2. The lowest BCUT2D eigenvalue weighted by Crippen LogP contribution is -2.42. The summed E-state index contributed by atoms with van der Waals surface area (Å²) in [6, 6.07) is 0.0570. The number of rotatable bonds is 7. The summed E-state index contributed by atoms with van der Waals surface area (Å²) < 4.78 is 5.02. The van der Waals surface area contributed by atoms with Crippen LogP contribution >= 0.6 is 0 Å². The van der Waals surface area contributed by atoms with Crippen LogP contribution in [0.2, 0.25) is 0 Å². The third kappa shape index (κ3) is 4.47. The number of hydrogen-bond acceptors (Lipinski definition) is 4. The summed E-state index contributed by atoms with van der Waals surface area (Å²) in [5, 5.41) is 12.0. The number of ether oxygens (including phenoxy) is 1. The van der Waals surface area contributed by atoms with Gasteiger partial charge in [0.25, 0.3) is 0 Å². The highest BCUT2D eigenvalue weighted by Gasteiger charge is 2.18. The molecule has 1 fully saturated rings. The fourth-order valence-corrected chi connectivity index (χ4v) is 1.91. The van der Waals surface area contributed by atoms with E-state index >= 15 is 0 Å². The van der Waals surface area contributed by atoms with Gasteiger partial charge in [0.05, 0.1) is 13.2 Å². The maximum Gasteiger partial charge on any atom is 0.236 e. The van der Waals surface area contributed by atoms with E-state index in [1.807, 2.05) is 4.90 Å². The third-order valence-electron chi connectivity index (χ3n) is 2.85. The number of carbonyl (C=O) groups is 1. The molecule has 1 aliphatic rings. The van der Waals surface area contributed by atoms with Gasteiger partial charge in [-0.15, -0.1) is 0 Å². The van der Waals surface area contributed by atoms with Gasteiger partial charge in [-0.05, 0) is 19.3 Å². The van der Waals surface area contributed by atoms with Crippen LogP contribution in [0.3, 0.4) is 0 Å². The van der Waals surface area contributed by atoms with Gasteiger partial charge in [0.15, 0.2) is 0 Å². The van der Waals surface area contributed by atoms with E-state index in [-0.39, 0.29) is 18.6 Å². The molecular weight excluding hydrogens is 208 g/mol. The first kappa shape index (κ1) is 13.4. The van der Waals surface area contributed by atoms with E-state index in [1.165, 1.54) is 0 Å². The van der Waals surface area contributed by atoms with Gasteiger partial charge >= 0.3 is 0 Å². The lowest BCUT2D eigenvalue weighted by molar-refractivity contribution is -0.129. The molecule has 1 unspecified atom stereocenters. The Bertz CT molecular complexity index is 199. The Morgan fingerprint density at radius 1 is 1.50 bits per heavy atom. The first-order valence-corrected chi connectivity index (χ1v) is 5.89. The van der Waals surface area contributed by atoms with Crippen molar-refractivity contribution in [3.8, 4) is 0 Å². The molecule has 0 radical (unpaired) electrons. The molecule has 1 aliphatic heterocycles. The molecule has 0 aromatic carbocycles. The van der Waals surface area contributed by atoms with Gasteiger partial charge in [0.2, 0.25) is 5.91 Å². The zero-order chi connectivity index (χ0) is 11.8. The van der Waals surface area contributed by atoms with Gasteiger partial charge in [0.1, 0.15) is 0 Å². The Labute approximate surface area is 96.8 Å². The van der Waals surface area contributed by atoms with E-state index in [1.54, 1.807) is 7.11 Å². The Morgan fingerprint density at radius 2 is 2.19 bits per heavy atom. The molecular formula is C11H22N2O3. The van der Waals surface area contributed by atoms with Crippen LogP contribution in [0.25, 0.3) is 0 Å². The number of aliphatic hydroxyl groups excluding tert-OH is 1. The second kappa shape index (κ2) is 7.60. The number of likely N-dealkylation sites (tertiary alicyclic amines) is 1. The van der Waals surface area contributed by atoms with Crippen LogP contribution in [-0.2, 0) is 9.53 Å². The summed E-state index contributed by atoms with van der Waals surface area (Å²) in [7, 11) is 1.62. The molecule has 2 N–H and O–H groups in total. The standard InChI is InChI=1S/C11H22N2O3/c1-16-9-10(4-7-14)12-8-11(15)13-5-2-3-6-13/h10,12,14H,2-9H2,1H3. The topological polar surface area (TPSA) is 61.8 Å². The van der Waals surface area contributed by atoms with Crippen molar-refractivity contribution in [2.24, 2.45) is 0 Å². The fourth-order valence-electron chi connectivity index (χ4n) is 1.91. The second-order valence-electron chi connectivity index (χ2n) is 4.13. The van der Waals surface area contributed by atoms with Crippen LogP contribution in [0.15, 0.2) is 0 Å². The van der Waals surface area contributed by atoms with Crippen molar-refractivity contribution in [3.05, 3.63) is 0 Å². The maximum atomic E-state index is 11.7. The number of carbonyl (C=O) groups excluding carboxylic acids is 1. The van der Waals surface area contributed by atoms with Crippen molar-refractivity contribution >= 4 is 5.91 Å². The van der Waals surface area contributed by atoms with E-state index in [9.17, 15) is 4.79 Å². The summed E-state index contributed by atoms with van der Waals surface area (Å²) in [6.45, 7) is 2.74. The highest BCUT2D eigenvalue weighted by atomic mass is 16.5. The van der Waals surface area contributed by atoms with Gasteiger partial charge in [-0.3, -0.25) is 4.79 Å². The predicted octanol–water partition coefficient (Wildman–Crippen LogP) is -0.404. The van der Waals surface area contributed by atoms with Crippen LogP contribution in [-0.4, -0.2) is 61.9 Å². The number of nitrogens with one attached hydrogen (secondary N) is 1. The van der Waals surface area contributed by atoms with Gasteiger partial charge < -0.3 is 20.1 Å². The fraction of sp³-hybridized carbons (Fsp3) is 0.909. The molecule has 0 bridgehead atoms. The molecule has 0 aromatic rings. The van der Waals surface area contributed by atoms with Crippen molar-refractivity contribution in [1.29, 1.82) is 0 Å². The summed E-state index contributed by atoms with van der Waals surface area (Å²) in [5.74, 6) is 0.150. The summed E-state index contributed by atoms with van der Waals surface area (Å²) in [5.41, 5.74) is 0. The van der Waals surface area contributed by atoms with E-state index in [2.05, 4.69) is 5.32 Å². The maximum absolute atomic E-state index is 11.7. The number of amides is 1. The normalized spacial score (nSPS) is 17.8. The van der Waals surface area contributed by atoms with Crippen LogP contribution in [0.4, 0.5) is 0 Å². The molecule has 0 aliphatic carbocycles. The van der Waals surface area contributed by atoms with Crippen molar-refractivity contribution in [3.63, 3.8) is 0 Å². The van der Waals surface area contributed by atoms with Crippen LogP contribution < -0.4 is 5.32 Å². The highest BCUT2D eigenvalue weighted by Crippen LogP contribution is 2.06. The van der Waals surface area contributed by atoms with E-state index < -0.39 is 0 Å². The Morgan fingerprint density at radius 3 is 2.75 bits per heavy atom. The first-order valence-electron chi connectivity index (χ1n) is 5.89. The average Bonchev–Trinajstić information content (AvgIpc) is 2.79. The SMILES string of the molecule is COCC(CCO)NCC(=O)N1CCCC1. The Hall–Kier alpha value is -0.650. The minimum atomic E-state index is 0.0570.